The first-order valence-electron chi connectivity index (χ1n) is 12.2. The quantitative estimate of drug-likeness (QED) is 0.286. The number of halogens is 6. The van der Waals surface area contributed by atoms with E-state index in [-0.39, 0.29) is 18.3 Å². The number of nitrogens with zero attached hydrogens (tertiary/aromatic N) is 2. The first-order valence-corrected chi connectivity index (χ1v) is 12.2. The van der Waals surface area contributed by atoms with E-state index in [4.69, 9.17) is 9.47 Å². The Morgan fingerprint density at radius 2 is 1.44 bits per heavy atom. The number of hydrogen-bond acceptors (Lipinski definition) is 5. The SMILES string of the molecule is CC[C@@H]1CN(C(C(=O)OC)c2cc(C(F)(F)F)cc(C(F)(F)F)c2)c2cc(C)c(C)cc2N1C(=O)OC(C)C. The molecule has 1 aliphatic heterocycles. The van der Waals surface area contributed by atoms with Gasteiger partial charge in [-0.1, -0.05) is 6.92 Å². The molecule has 12 heteroatoms. The van der Waals surface area contributed by atoms with E-state index in [0.717, 1.165) is 18.2 Å². The molecule has 0 aromatic heterocycles. The van der Waals surface area contributed by atoms with Crippen LogP contribution in [-0.2, 0) is 26.6 Å². The molecule has 0 saturated carbocycles. The third kappa shape index (κ3) is 6.25. The molecule has 1 heterocycles. The van der Waals surface area contributed by atoms with Gasteiger partial charge in [0.1, 0.15) is 0 Å². The molecule has 0 N–H and O–H groups in total. The van der Waals surface area contributed by atoms with Crippen molar-refractivity contribution in [2.75, 3.05) is 23.5 Å². The molecule has 1 amide bonds. The largest absolute Gasteiger partial charge is 0.467 e. The maximum absolute atomic E-state index is 13.7. The van der Waals surface area contributed by atoms with Gasteiger partial charge in [0.2, 0.25) is 0 Å². The average molecular weight is 561 g/mol. The number of hydrogen-bond donors (Lipinski definition) is 0. The van der Waals surface area contributed by atoms with Crippen LogP contribution >= 0.6 is 0 Å². The third-order valence-corrected chi connectivity index (χ3v) is 6.60. The van der Waals surface area contributed by atoms with Crippen LogP contribution < -0.4 is 9.80 Å². The molecule has 2 atom stereocenters. The summed E-state index contributed by atoms with van der Waals surface area (Å²) in [6.07, 6.45) is -11.0. The van der Waals surface area contributed by atoms with Gasteiger partial charge in [-0.05, 0) is 81.1 Å². The zero-order valence-corrected chi connectivity index (χ0v) is 22.3. The monoisotopic (exact) mass is 560 g/mol. The van der Waals surface area contributed by atoms with Gasteiger partial charge in [-0.3, -0.25) is 4.90 Å². The summed E-state index contributed by atoms with van der Waals surface area (Å²) in [5.74, 6) is -1.06. The number of benzene rings is 2. The van der Waals surface area contributed by atoms with Gasteiger partial charge in [0, 0.05) is 6.54 Å². The summed E-state index contributed by atoms with van der Waals surface area (Å²) in [5, 5.41) is 0. The van der Waals surface area contributed by atoms with Crippen LogP contribution in [-0.4, -0.2) is 37.9 Å². The van der Waals surface area contributed by atoms with E-state index in [1.165, 1.54) is 9.80 Å². The number of fused-ring (bicyclic) bond motifs is 1. The van der Waals surface area contributed by atoms with Gasteiger partial charge in [-0.2, -0.15) is 26.3 Å². The lowest BCUT2D eigenvalue weighted by atomic mass is 9.94. The standard InChI is InChI=1S/C27H30F6N2O4/c1-7-20-13-34(21-8-15(4)16(5)9-22(21)35(20)25(37)39-14(2)3)23(24(36)38-6)17-10-18(26(28,29)30)12-19(11-17)27(31,32)33/h8-12,14,20,23H,7,13H2,1-6H3/t20-,23?/m1/s1. The summed E-state index contributed by atoms with van der Waals surface area (Å²) in [6, 6.07) is 2.09. The summed E-state index contributed by atoms with van der Waals surface area (Å²) in [6.45, 7) is 8.59. The highest BCUT2D eigenvalue weighted by atomic mass is 19.4. The fourth-order valence-corrected chi connectivity index (χ4v) is 4.57. The Labute approximate surface area is 222 Å². The Balaban J connectivity index is 2.31. The van der Waals surface area contributed by atoms with Crippen LogP contribution in [0.1, 0.15) is 61.1 Å². The predicted molar refractivity (Wildman–Crippen MR) is 133 cm³/mol. The van der Waals surface area contributed by atoms with Gasteiger partial charge in [-0.25, -0.2) is 9.59 Å². The van der Waals surface area contributed by atoms with Crippen LogP contribution in [0.25, 0.3) is 0 Å². The third-order valence-electron chi connectivity index (χ3n) is 6.60. The predicted octanol–water partition coefficient (Wildman–Crippen LogP) is 7.21. The lowest BCUT2D eigenvalue weighted by Gasteiger charge is -2.45. The number of esters is 1. The molecular weight excluding hydrogens is 530 g/mol. The number of amides is 1. The molecule has 2 aromatic rings. The van der Waals surface area contributed by atoms with Crippen molar-refractivity contribution < 1.29 is 45.4 Å². The zero-order valence-electron chi connectivity index (χ0n) is 22.3. The Morgan fingerprint density at radius 1 is 0.923 bits per heavy atom. The van der Waals surface area contributed by atoms with E-state index in [2.05, 4.69) is 0 Å². The number of anilines is 2. The van der Waals surface area contributed by atoms with E-state index in [0.29, 0.717) is 24.2 Å². The summed E-state index contributed by atoms with van der Waals surface area (Å²) in [4.78, 5) is 29.1. The number of ether oxygens (including phenoxy) is 2. The minimum Gasteiger partial charge on any atom is -0.467 e. The maximum Gasteiger partial charge on any atom is 0.416 e. The van der Waals surface area contributed by atoms with Gasteiger partial charge in [0.25, 0.3) is 0 Å². The van der Waals surface area contributed by atoms with E-state index >= 15 is 0 Å². The van der Waals surface area contributed by atoms with Crippen molar-refractivity contribution in [3.05, 3.63) is 58.1 Å². The van der Waals surface area contributed by atoms with E-state index in [9.17, 15) is 35.9 Å². The highest BCUT2D eigenvalue weighted by Gasteiger charge is 2.43. The van der Waals surface area contributed by atoms with Crippen molar-refractivity contribution in [1.82, 2.24) is 0 Å². The second kappa shape index (κ2) is 11.0. The molecule has 1 aliphatic rings. The van der Waals surface area contributed by atoms with Crippen LogP contribution in [0.2, 0.25) is 0 Å². The van der Waals surface area contributed by atoms with E-state index in [1.807, 2.05) is 0 Å². The second-order valence-electron chi connectivity index (χ2n) is 9.71. The number of rotatable bonds is 5. The molecule has 2 aromatic carbocycles. The Hall–Kier alpha value is -3.44. The average Bonchev–Trinajstić information content (AvgIpc) is 2.82. The molecule has 1 unspecified atom stereocenters. The highest BCUT2D eigenvalue weighted by molar-refractivity contribution is 5.96. The molecule has 0 aliphatic carbocycles. The lowest BCUT2D eigenvalue weighted by Crippen LogP contribution is -2.54. The Kier molecular flexibility index (Phi) is 8.47. The van der Waals surface area contributed by atoms with Gasteiger partial charge in [0.05, 0.1) is 41.8 Å². The summed E-state index contributed by atoms with van der Waals surface area (Å²) in [5.41, 5.74) is -1.54. The van der Waals surface area contributed by atoms with Crippen molar-refractivity contribution in [3.63, 3.8) is 0 Å². The van der Waals surface area contributed by atoms with Crippen LogP contribution in [0.5, 0.6) is 0 Å². The molecule has 214 valence electrons. The summed E-state index contributed by atoms with van der Waals surface area (Å²) in [7, 11) is 1.00. The number of methoxy groups -OCH3 is 1. The van der Waals surface area contributed by atoms with Gasteiger partial charge < -0.3 is 14.4 Å². The minimum atomic E-state index is -5.10. The van der Waals surface area contributed by atoms with Gasteiger partial charge >= 0.3 is 24.4 Å². The van der Waals surface area contributed by atoms with Crippen molar-refractivity contribution in [1.29, 1.82) is 0 Å². The smallest absolute Gasteiger partial charge is 0.416 e. The van der Waals surface area contributed by atoms with Gasteiger partial charge in [-0.15, -0.1) is 0 Å². The number of carbonyl (C=O) groups is 2. The number of aryl methyl sites for hydroxylation is 2. The highest BCUT2D eigenvalue weighted by Crippen LogP contribution is 2.45. The summed E-state index contributed by atoms with van der Waals surface area (Å²) < 4.78 is 92.3. The molecule has 0 radical (unpaired) electrons. The van der Waals surface area contributed by atoms with Crippen molar-refractivity contribution in [3.8, 4) is 0 Å². The molecule has 6 nitrogen and oxygen atoms in total. The molecule has 39 heavy (non-hydrogen) atoms. The lowest BCUT2D eigenvalue weighted by molar-refractivity contribution is -0.145. The van der Waals surface area contributed by atoms with Crippen LogP contribution in [0.3, 0.4) is 0 Å². The van der Waals surface area contributed by atoms with Crippen LogP contribution in [0.15, 0.2) is 30.3 Å². The molecule has 0 fully saturated rings. The Morgan fingerprint density at radius 3 is 1.87 bits per heavy atom. The zero-order chi connectivity index (χ0) is 29.4. The van der Waals surface area contributed by atoms with E-state index < -0.39 is 59.3 Å². The summed E-state index contributed by atoms with van der Waals surface area (Å²) >= 11 is 0. The topological polar surface area (TPSA) is 59.1 Å². The molecular formula is C27H30F6N2O4. The van der Waals surface area contributed by atoms with Crippen molar-refractivity contribution in [2.24, 2.45) is 0 Å². The molecule has 0 spiro atoms. The first kappa shape index (κ1) is 30.1. The molecule has 3 rings (SSSR count). The maximum atomic E-state index is 13.7. The molecule has 0 bridgehead atoms. The first-order chi connectivity index (χ1) is 18.0. The normalized spacial score (nSPS) is 16.7. The fraction of sp³-hybridized carbons (Fsp3) is 0.481. The second-order valence-corrected chi connectivity index (χ2v) is 9.71. The number of carbonyl (C=O) groups excluding carboxylic acids is 2. The van der Waals surface area contributed by atoms with Gasteiger partial charge in [0.15, 0.2) is 6.04 Å². The molecule has 0 saturated heterocycles. The fourth-order valence-electron chi connectivity index (χ4n) is 4.57. The van der Waals surface area contributed by atoms with Crippen molar-refractivity contribution >= 4 is 23.4 Å². The van der Waals surface area contributed by atoms with Crippen molar-refractivity contribution in [2.45, 2.75) is 71.6 Å². The van der Waals surface area contributed by atoms with Crippen LogP contribution in [0, 0.1) is 13.8 Å². The minimum absolute atomic E-state index is 0.00794. The van der Waals surface area contributed by atoms with E-state index in [1.54, 1.807) is 46.8 Å². The number of alkyl halides is 6. The Bertz CT molecular complexity index is 1210. The van der Waals surface area contributed by atoms with Crippen LogP contribution in [0.4, 0.5) is 42.5 Å².